The summed E-state index contributed by atoms with van der Waals surface area (Å²) in [7, 11) is 3.36. The number of rotatable bonds is 5. The summed E-state index contributed by atoms with van der Waals surface area (Å²) in [4.78, 5) is 14.1. The van der Waals surface area contributed by atoms with Crippen LogP contribution in [-0.2, 0) is 11.3 Å². The largest absolute Gasteiger partial charge is 0.493 e. The zero-order valence-corrected chi connectivity index (χ0v) is 16.3. The topological polar surface area (TPSA) is 48.0 Å². The number of ether oxygens (including phenoxy) is 3. The maximum atomic E-state index is 12.4. The Morgan fingerprint density at radius 2 is 2.04 bits per heavy atom. The number of benzene rings is 2. The molecule has 0 bridgehead atoms. The molecule has 2 aromatic rings. The number of hydrogen-bond acceptors (Lipinski definition) is 4. The minimum atomic E-state index is -0.0883. The Hall–Kier alpha value is -2.47. The molecule has 0 atom stereocenters. The monoisotopic (exact) mass is 417 g/mol. The van der Waals surface area contributed by atoms with Crippen molar-refractivity contribution in [2.75, 3.05) is 27.4 Å². The molecule has 0 fully saturated rings. The third kappa shape index (κ3) is 4.19. The fourth-order valence-corrected chi connectivity index (χ4v) is 3.05. The van der Waals surface area contributed by atoms with E-state index in [-0.39, 0.29) is 5.91 Å². The number of carbonyl (C=O) groups is 1. The van der Waals surface area contributed by atoms with Gasteiger partial charge < -0.3 is 19.1 Å². The van der Waals surface area contributed by atoms with Crippen LogP contribution in [0.4, 0.5) is 0 Å². The third-order valence-electron chi connectivity index (χ3n) is 4.01. The van der Waals surface area contributed by atoms with Crippen LogP contribution in [0.25, 0.3) is 6.08 Å². The van der Waals surface area contributed by atoms with Crippen molar-refractivity contribution in [3.8, 4) is 17.2 Å². The number of methoxy groups -OCH3 is 1. The zero-order valence-electron chi connectivity index (χ0n) is 14.7. The van der Waals surface area contributed by atoms with E-state index in [1.54, 1.807) is 31.2 Å². The molecule has 0 radical (unpaired) electrons. The lowest BCUT2D eigenvalue weighted by atomic mass is 10.1. The Bertz CT molecular complexity index is 817. The zero-order chi connectivity index (χ0) is 18.5. The molecule has 1 aliphatic rings. The minimum Gasteiger partial charge on any atom is -0.493 e. The molecular weight excluding hydrogens is 398 g/mol. The molecule has 6 heteroatoms. The summed E-state index contributed by atoms with van der Waals surface area (Å²) in [5, 5.41) is 0. The van der Waals surface area contributed by atoms with E-state index in [9.17, 15) is 4.79 Å². The van der Waals surface area contributed by atoms with Crippen LogP contribution in [-0.4, -0.2) is 38.2 Å². The lowest BCUT2D eigenvalue weighted by Gasteiger charge is -2.21. The van der Waals surface area contributed by atoms with Crippen molar-refractivity contribution in [1.29, 1.82) is 0 Å². The standard InChI is InChI=1S/C20H20BrNO4/c1-22(13-15-5-3-4-6-16(15)21)19(23)8-7-14-11-17(24-2)20-18(12-14)25-9-10-26-20/h3-8,11-12H,9-10,13H2,1-2H3/b8-7+. The summed E-state index contributed by atoms with van der Waals surface area (Å²) in [6.07, 6.45) is 3.29. The van der Waals surface area contributed by atoms with Gasteiger partial charge in [-0.1, -0.05) is 34.1 Å². The molecule has 0 spiro atoms. The first-order valence-electron chi connectivity index (χ1n) is 8.22. The van der Waals surface area contributed by atoms with Crippen LogP contribution in [0.3, 0.4) is 0 Å². The summed E-state index contributed by atoms with van der Waals surface area (Å²) >= 11 is 3.50. The van der Waals surface area contributed by atoms with Crippen LogP contribution in [0.1, 0.15) is 11.1 Å². The second kappa shape index (κ2) is 8.27. The van der Waals surface area contributed by atoms with Crippen LogP contribution in [0.5, 0.6) is 17.2 Å². The molecule has 26 heavy (non-hydrogen) atoms. The number of amides is 1. The number of hydrogen-bond donors (Lipinski definition) is 0. The van der Waals surface area contributed by atoms with Crippen LogP contribution < -0.4 is 14.2 Å². The second-order valence-corrected chi connectivity index (χ2v) is 6.72. The van der Waals surface area contributed by atoms with Gasteiger partial charge in [0.05, 0.1) is 7.11 Å². The van der Waals surface area contributed by atoms with Gasteiger partial charge in [-0.05, 0) is 35.4 Å². The number of carbonyl (C=O) groups excluding carboxylic acids is 1. The van der Waals surface area contributed by atoms with Gasteiger partial charge in [-0.25, -0.2) is 0 Å². The summed E-state index contributed by atoms with van der Waals surface area (Å²) in [5.41, 5.74) is 1.87. The molecule has 2 aromatic carbocycles. The maximum absolute atomic E-state index is 12.4. The molecule has 5 nitrogen and oxygen atoms in total. The first-order chi connectivity index (χ1) is 12.6. The molecule has 0 N–H and O–H groups in total. The quantitative estimate of drug-likeness (QED) is 0.692. The number of fused-ring (bicyclic) bond motifs is 1. The summed E-state index contributed by atoms with van der Waals surface area (Å²) in [5.74, 6) is 1.74. The highest BCUT2D eigenvalue weighted by Crippen LogP contribution is 2.40. The number of likely N-dealkylation sites (N-methyl/N-ethyl adjacent to an activating group) is 1. The maximum Gasteiger partial charge on any atom is 0.246 e. The van der Waals surface area contributed by atoms with Gasteiger partial charge in [-0.2, -0.15) is 0 Å². The highest BCUT2D eigenvalue weighted by molar-refractivity contribution is 9.10. The average molecular weight is 418 g/mol. The summed E-state index contributed by atoms with van der Waals surface area (Å²) in [6.45, 7) is 1.52. The molecule has 1 aliphatic heterocycles. The first-order valence-corrected chi connectivity index (χ1v) is 9.02. The van der Waals surface area contributed by atoms with Crippen molar-refractivity contribution in [2.24, 2.45) is 0 Å². The molecule has 0 aliphatic carbocycles. The Balaban J connectivity index is 1.72. The van der Waals surface area contributed by atoms with E-state index in [0.29, 0.717) is 37.0 Å². The lowest BCUT2D eigenvalue weighted by molar-refractivity contribution is -0.125. The molecule has 136 valence electrons. The van der Waals surface area contributed by atoms with Gasteiger partial charge in [-0.3, -0.25) is 4.79 Å². The molecule has 0 aromatic heterocycles. The van der Waals surface area contributed by atoms with Crippen LogP contribution in [0.15, 0.2) is 46.9 Å². The van der Waals surface area contributed by atoms with Crippen molar-refractivity contribution in [3.05, 3.63) is 58.1 Å². The SMILES string of the molecule is COc1cc(/C=C/C(=O)N(C)Cc2ccccc2Br)cc2c1OCCO2. The van der Waals surface area contributed by atoms with Crippen molar-refractivity contribution < 1.29 is 19.0 Å². The van der Waals surface area contributed by atoms with Gasteiger partial charge in [-0.15, -0.1) is 0 Å². The van der Waals surface area contributed by atoms with Gasteiger partial charge in [0.2, 0.25) is 11.7 Å². The fraction of sp³-hybridized carbons (Fsp3) is 0.250. The number of halogens is 1. The van der Waals surface area contributed by atoms with Gasteiger partial charge in [0.1, 0.15) is 13.2 Å². The Labute approximate surface area is 161 Å². The third-order valence-corrected chi connectivity index (χ3v) is 4.78. The summed E-state index contributed by atoms with van der Waals surface area (Å²) in [6, 6.07) is 11.5. The van der Waals surface area contributed by atoms with E-state index in [1.165, 1.54) is 0 Å². The van der Waals surface area contributed by atoms with Gasteiger partial charge in [0, 0.05) is 24.1 Å². The summed E-state index contributed by atoms with van der Waals surface area (Å²) < 4.78 is 17.5. The average Bonchev–Trinajstić information content (AvgIpc) is 2.67. The second-order valence-electron chi connectivity index (χ2n) is 5.87. The van der Waals surface area contributed by atoms with E-state index in [2.05, 4.69) is 15.9 Å². The van der Waals surface area contributed by atoms with Crippen LogP contribution >= 0.6 is 15.9 Å². The highest BCUT2D eigenvalue weighted by atomic mass is 79.9. The van der Waals surface area contributed by atoms with Crippen LogP contribution in [0.2, 0.25) is 0 Å². The predicted molar refractivity (Wildman–Crippen MR) is 104 cm³/mol. The van der Waals surface area contributed by atoms with E-state index < -0.39 is 0 Å². The van der Waals surface area contributed by atoms with Gasteiger partial charge >= 0.3 is 0 Å². The van der Waals surface area contributed by atoms with Crippen LogP contribution in [0, 0.1) is 0 Å². The Morgan fingerprint density at radius 3 is 2.81 bits per heavy atom. The normalized spacial score (nSPS) is 12.9. The molecule has 0 unspecified atom stereocenters. The lowest BCUT2D eigenvalue weighted by Crippen LogP contribution is -2.24. The number of nitrogens with zero attached hydrogens (tertiary/aromatic N) is 1. The van der Waals surface area contributed by atoms with E-state index >= 15 is 0 Å². The molecular formula is C20H20BrNO4. The van der Waals surface area contributed by atoms with Gasteiger partial charge in [0.15, 0.2) is 11.5 Å². The molecule has 1 amide bonds. The molecule has 0 saturated carbocycles. The molecule has 1 heterocycles. The van der Waals surface area contributed by atoms with E-state index in [1.807, 2.05) is 36.4 Å². The van der Waals surface area contributed by atoms with E-state index in [0.717, 1.165) is 15.6 Å². The van der Waals surface area contributed by atoms with E-state index in [4.69, 9.17) is 14.2 Å². The Kier molecular flexibility index (Phi) is 5.83. The van der Waals surface area contributed by atoms with Gasteiger partial charge in [0.25, 0.3) is 0 Å². The molecule has 0 saturated heterocycles. The fourth-order valence-electron chi connectivity index (χ4n) is 2.64. The Morgan fingerprint density at radius 1 is 1.27 bits per heavy atom. The predicted octanol–water partition coefficient (Wildman–Crippen LogP) is 3.90. The molecule has 3 rings (SSSR count). The minimum absolute atomic E-state index is 0.0883. The van der Waals surface area contributed by atoms with Crippen molar-refractivity contribution in [2.45, 2.75) is 6.54 Å². The van der Waals surface area contributed by atoms with Crippen molar-refractivity contribution in [1.82, 2.24) is 4.90 Å². The smallest absolute Gasteiger partial charge is 0.246 e. The van der Waals surface area contributed by atoms with Crippen molar-refractivity contribution in [3.63, 3.8) is 0 Å². The first kappa shape index (κ1) is 18.3. The highest BCUT2D eigenvalue weighted by Gasteiger charge is 2.18. The van der Waals surface area contributed by atoms with Crippen molar-refractivity contribution >= 4 is 27.9 Å².